The summed E-state index contributed by atoms with van der Waals surface area (Å²) in [7, 11) is 0. The zero-order chi connectivity index (χ0) is 29.9. The van der Waals surface area contributed by atoms with E-state index < -0.39 is 5.91 Å². The lowest BCUT2D eigenvalue weighted by Gasteiger charge is -2.14. The molecule has 0 bridgehead atoms. The van der Waals surface area contributed by atoms with E-state index in [1.54, 1.807) is 42.5 Å². The van der Waals surface area contributed by atoms with E-state index in [2.05, 4.69) is 16.0 Å². The van der Waals surface area contributed by atoms with E-state index in [1.807, 2.05) is 87.5 Å². The van der Waals surface area contributed by atoms with E-state index in [4.69, 9.17) is 4.74 Å². The Labute approximate surface area is 250 Å². The Bertz CT molecular complexity index is 1550. The van der Waals surface area contributed by atoms with Crippen LogP contribution in [0, 0.1) is 6.92 Å². The molecular weight excluding hydrogens is 546 g/mol. The maximum Gasteiger partial charge on any atom is 0.272 e. The molecule has 4 aromatic rings. The van der Waals surface area contributed by atoms with Crippen LogP contribution in [0.1, 0.15) is 35.3 Å². The van der Waals surface area contributed by atoms with Crippen molar-refractivity contribution in [1.29, 1.82) is 0 Å². The topological polar surface area (TPSA) is 96.5 Å². The van der Waals surface area contributed by atoms with Crippen LogP contribution in [0.25, 0.3) is 6.08 Å². The van der Waals surface area contributed by atoms with Crippen LogP contribution >= 0.6 is 11.8 Å². The first-order valence-electron chi connectivity index (χ1n) is 13.6. The lowest BCUT2D eigenvalue weighted by Crippen LogP contribution is -2.30. The molecule has 3 amide bonds. The normalized spacial score (nSPS) is 11.7. The summed E-state index contributed by atoms with van der Waals surface area (Å²) in [6.07, 6.45) is 1.67. The molecule has 1 unspecified atom stereocenters. The van der Waals surface area contributed by atoms with Gasteiger partial charge in [0.15, 0.2) is 0 Å². The van der Waals surface area contributed by atoms with Crippen molar-refractivity contribution in [2.24, 2.45) is 0 Å². The third-order valence-electron chi connectivity index (χ3n) is 6.24. The highest BCUT2D eigenvalue weighted by atomic mass is 32.2. The Morgan fingerprint density at radius 3 is 2.10 bits per heavy atom. The first-order valence-corrected chi connectivity index (χ1v) is 14.5. The number of carbonyl (C=O) groups excluding carboxylic acids is 3. The van der Waals surface area contributed by atoms with E-state index in [9.17, 15) is 14.4 Å². The highest BCUT2D eigenvalue weighted by Crippen LogP contribution is 2.26. The number of carbonyl (C=O) groups is 3. The van der Waals surface area contributed by atoms with Crippen molar-refractivity contribution in [2.45, 2.75) is 30.9 Å². The summed E-state index contributed by atoms with van der Waals surface area (Å²) in [6.45, 7) is 6.28. The smallest absolute Gasteiger partial charge is 0.272 e. The van der Waals surface area contributed by atoms with Crippen LogP contribution in [0.2, 0.25) is 0 Å². The largest absolute Gasteiger partial charge is 0.494 e. The molecule has 0 radical (unpaired) electrons. The molecule has 0 aliphatic carbocycles. The second kappa shape index (κ2) is 14.7. The van der Waals surface area contributed by atoms with Gasteiger partial charge in [-0.25, -0.2) is 0 Å². The molecule has 4 rings (SSSR count). The van der Waals surface area contributed by atoms with E-state index in [0.717, 1.165) is 21.8 Å². The number of aryl methyl sites for hydroxylation is 1. The first-order chi connectivity index (χ1) is 20.3. The number of nitrogens with one attached hydrogen (secondary N) is 3. The van der Waals surface area contributed by atoms with Crippen LogP contribution in [0.5, 0.6) is 5.75 Å². The van der Waals surface area contributed by atoms with Crippen molar-refractivity contribution in [1.82, 2.24) is 5.32 Å². The Hall–Kier alpha value is -4.82. The van der Waals surface area contributed by atoms with E-state index in [1.165, 1.54) is 11.8 Å². The molecule has 7 nitrogen and oxygen atoms in total. The zero-order valence-electron chi connectivity index (χ0n) is 23.7. The van der Waals surface area contributed by atoms with Gasteiger partial charge in [0.25, 0.3) is 11.8 Å². The molecule has 3 N–H and O–H groups in total. The maximum absolute atomic E-state index is 13.3. The van der Waals surface area contributed by atoms with Gasteiger partial charge in [-0.15, -0.1) is 11.8 Å². The minimum atomic E-state index is -0.453. The molecule has 0 spiro atoms. The molecule has 214 valence electrons. The number of anilines is 2. The summed E-state index contributed by atoms with van der Waals surface area (Å²) in [5.41, 5.74) is 3.61. The lowest BCUT2D eigenvalue weighted by atomic mass is 10.1. The van der Waals surface area contributed by atoms with Gasteiger partial charge in [-0.3, -0.25) is 14.4 Å². The van der Waals surface area contributed by atoms with Gasteiger partial charge in [-0.05, 0) is 98.6 Å². The van der Waals surface area contributed by atoms with Crippen molar-refractivity contribution in [3.05, 3.63) is 126 Å². The number of amides is 3. The van der Waals surface area contributed by atoms with Crippen molar-refractivity contribution in [3.63, 3.8) is 0 Å². The van der Waals surface area contributed by atoms with E-state index >= 15 is 0 Å². The van der Waals surface area contributed by atoms with Gasteiger partial charge in [0.05, 0.1) is 11.9 Å². The van der Waals surface area contributed by atoms with Crippen molar-refractivity contribution >= 4 is 46.9 Å². The number of rotatable bonds is 11. The van der Waals surface area contributed by atoms with Crippen molar-refractivity contribution < 1.29 is 19.1 Å². The van der Waals surface area contributed by atoms with Gasteiger partial charge in [0.1, 0.15) is 11.4 Å². The van der Waals surface area contributed by atoms with Gasteiger partial charge in [0, 0.05) is 21.8 Å². The highest BCUT2D eigenvalue weighted by Gasteiger charge is 2.17. The van der Waals surface area contributed by atoms with Crippen LogP contribution in [-0.2, 0) is 9.59 Å². The fraction of sp³-hybridized carbons (Fsp3) is 0.147. The lowest BCUT2D eigenvalue weighted by molar-refractivity contribution is -0.115. The minimum Gasteiger partial charge on any atom is -0.494 e. The SMILES string of the molecule is CCOc1ccc(NC(=O)C(C)Sc2ccc(NC(=O)/C(=C/c3ccccc3C)NC(=O)c3ccccc3)cc2)cc1. The molecule has 1 atom stereocenters. The Morgan fingerprint density at radius 1 is 0.810 bits per heavy atom. The van der Waals surface area contributed by atoms with Crippen LogP contribution in [0.4, 0.5) is 11.4 Å². The van der Waals surface area contributed by atoms with Crippen molar-refractivity contribution in [2.75, 3.05) is 17.2 Å². The fourth-order valence-electron chi connectivity index (χ4n) is 3.96. The van der Waals surface area contributed by atoms with Crippen LogP contribution < -0.4 is 20.7 Å². The third kappa shape index (κ3) is 8.59. The van der Waals surface area contributed by atoms with Crippen LogP contribution in [-0.4, -0.2) is 29.6 Å². The average molecular weight is 580 g/mol. The predicted molar refractivity (Wildman–Crippen MR) is 170 cm³/mol. The summed E-state index contributed by atoms with van der Waals surface area (Å²) in [5.74, 6) is -0.205. The van der Waals surface area contributed by atoms with Crippen LogP contribution in [0.3, 0.4) is 0 Å². The first kappa shape index (κ1) is 30.1. The molecule has 42 heavy (non-hydrogen) atoms. The molecule has 0 aliphatic heterocycles. The molecule has 0 fully saturated rings. The number of hydrogen-bond donors (Lipinski definition) is 3. The number of thioether (sulfide) groups is 1. The minimum absolute atomic E-state index is 0.121. The van der Waals surface area contributed by atoms with Gasteiger partial charge >= 0.3 is 0 Å². The highest BCUT2D eigenvalue weighted by molar-refractivity contribution is 8.00. The van der Waals surface area contributed by atoms with Crippen LogP contribution in [0.15, 0.2) is 114 Å². The Morgan fingerprint density at radius 2 is 1.43 bits per heavy atom. The number of hydrogen-bond acceptors (Lipinski definition) is 5. The second-order valence-electron chi connectivity index (χ2n) is 9.42. The molecule has 0 aliphatic rings. The predicted octanol–water partition coefficient (Wildman–Crippen LogP) is 6.92. The van der Waals surface area contributed by atoms with E-state index in [0.29, 0.717) is 23.5 Å². The molecule has 0 saturated heterocycles. The summed E-state index contributed by atoms with van der Waals surface area (Å²) >= 11 is 1.41. The fourth-order valence-corrected chi connectivity index (χ4v) is 4.83. The quantitative estimate of drug-likeness (QED) is 0.132. The summed E-state index contributed by atoms with van der Waals surface area (Å²) in [4.78, 5) is 39.8. The van der Waals surface area contributed by atoms with Gasteiger partial charge in [0.2, 0.25) is 5.91 Å². The molecule has 0 aromatic heterocycles. The summed E-state index contributed by atoms with van der Waals surface area (Å²) < 4.78 is 5.44. The number of ether oxygens (including phenoxy) is 1. The van der Waals surface area contributed by atoms with E-state index in [-0.39, 0.29) is 22.8 Å². The Kier molecular flexibility index (Phi) is 10.6. The molecule has 0 heterocycles. The molecule has 0 saturated carbocycles. The van der Waals surface area contributed by atoms with Crippen molar-refractivity contribution in [3.8, 4) is 5.75 Å². The zero-order valence-corrected chi connectivity index (χ0v) is 24.5. The van der Waals surface area contributed by atoms with Gasteiger partial charge in [-0.2, -0.15) is 0 Å². The average Bonchev–Trinajstić information content (AvgIpc) is 3.00. The maximum atomic E-state index is 13.3. The monoisotopic (exact) mass is 579 g/mol. The molecular formula is C34H33N3O4S. The van der Waals surface area contributed by atoms with Gasteiger partial charge < -0.3 is 20.7 Å². The summed E-state index contributed by atoms with van der Waals surface area (Å²) in [5, 5.41) is 8.20. The molecule has 4 aromatic carbocycles. The number of benzene rings is 4. The third-order valence-corrected chi connectivity index (χ3v) is 7.36. The standard InChI is InChI=1S/C34H33N3O4S/c1-4-41-29-18-14-27(15-19-29)35-32(38)24(3)42-30-20-16-28(17-21-30)36-34(40)31(22-26-13-9-8-10-23(26)2)37-33(39)25-11-6-5-7-12-25/h5-22,24H,4H2,1-3H3,(H,35,38)(H,36,40)(H,37,39)/b31-22-. The van der Waals surface area contributed by atoms with Gasteiger partial charge in [-0.1, -0.05) is 42.5 Å². The summed E-state index contributed by atoms with van der Waals surface area (Å²) in [6, 6.07) is 30.8. The Balaban J connectivity index is 1.40. The molecule has 8 heteroatoms. The second-order valence-corrected chi connectivity index (χ2v) is 10.8.